The maximum Gasteiger partial charge on any atom is 0.433 e. The standard InChI is InChI=1S/C19H13N3O4S/c1-11-2-7-14-16(10-11)27-19(21-14)12-3-5-13(6-4-12)20-18(23)15-8-9-17(26-15)22(24)25/h2-10H,1H3,(H,20,23). The third kappa shape index (κ3) is 3.42. The molecule has 0 saturated heterocycles. The lowest BCUT2D eigenvalue weighted by molar-refractivity contribution is -0.402. The second-order valence-electron chi connectivity index (χ2n) is 5.92. The Bertz CT molecular complexity index is 1160. The van der Waals surface area contributed by atoms with Gasteiger partial charge in [0.25, 0.3) is 5.91 Å². The Morgan fingerprint density at radius 2 is 1.93 bits per heavy atom. The molecule has 0 saturated carbocycles. The van der Waals surface area contributed by atoms with E-state index in [1.54, 1.807) is 23.5 Å². The first kappa shape index (κ1) is 16.9. The molecule has 134 valence electrons. The van der Waals surface area contributed by atoms with Crippen molar-refractivity contribution in [1.82, 2.24) is 4.98 Å². The molecule has 7 nitrogen and oxygen atoms in total. The van der Waals surface area contributed by atoms with Crippen LogP contribution in [0.3, 0.4) is 0 Å². The van der Waals surface area contributed by atoms with Crippen LogP contribution in [0.15, 0.2) is 59.0 Å². The van der Waals surface area contributed by atoms with E-state index in [-0.39, 0.29) is 5.76 Å². The molecule has 0 fully saturated rings. The van der Waals surface area contributed by atoms with Gasteiger partial charge in [0.05, 0.1) is 16.3 Å². The van der Waals surface area contributed by atoms with E-state index < -0.39 is 16.7 Å². The summed E-state index contributed by atoms with van der Waals surface area (Å²) in [5, 5.41) is 14.2. The zero-order valence-corrected chi connectivity index (χ0v) is 14.9. The first-order valence-corrected chi connectivity index (χ1v) is 8.84. The molecule has 1 amide bonds. The SMILES string of the molecule is Cc1ccc2nc(-c3ccc(NC(=O)c4ccc([N+](=O)[O-])o4)cc3)sc2c1. The summed E-state index contributed by atoms with van der Waals surface area (Å²) in [5.41, 5.74) is 3.64. The van der Waals surface area contributed by atoms with Crippen LogP contribution in [-0.2, 0) is 0 Å². The molecular weight excluding hydrogens is 366 g/mol. The number of aryl methyl sites for hydroxylation is 1. The van der Waals surface area contributed by atoms with Crippen LogP contribution >= 0.6 is 11.3 Å². The lowest BCUT2D eigenvalue weighted by Gasteiger charge is -2.03. The van der Waals surface area contributed by atoms with Crippen molar-refractivity contribution in [3.8, 4) is 10.6 Å². The molecule has 4 rings (SSSR count). The van der Waals surface area contributed by atoms with Crippen molar-refractivity contribution in [2.24, 2.45) is 0 Å². The molecule has 8 heteroatoms. The number of nitrogens with zero attached hydrogens (tertiary/aromatic N) is 2. The number of carbonyl (C=O) groups excluding carboxylic acids is 1. The van der Waals surface area contributed by atoms with Gasteiger partial charge in [-0.1, -0.05) is 6.07 Å². The molecule has 2 heterocycles. The minimum atomic E-state index is -0.689. The normalized spacial score (nSPS) is 10.9. The van der Waals surface area contributed by atoms with Gasteiger partial charge >= 0.3 is 5.88 Å². The van der Waals surface area contributed by atoms with Crippen LogP contribution in [0.1, 0.15) is 16.1 Å². The molecule has 4 aromatic rings. The highest BCUT2D eigenvalue weighted by Gasteiger charge is 2.17. The van der Waals surface area contributed by atoms with Gasteiger partial charge in [0.1, 0.15) is 9.93 Å². The Balaban J connectivity index is 1.52. The summed E-state index contributed by atoms with van der Waals surface area (Å²) in [6.45, 7) is 2.05. The van der Waals surface area contributed by atoms with Crippen LogP contribution in [-0.4, -0.2) is 15.8 Å². The maximum absolute atomic E-state index is 12.1. The first-order valence-electron chi connectivity index (χ1n) is 8.03. The summed E-state index contributed by atoms with van der Waals surface area (Å²) in [6, 6.07) is 15.8. The van der Waals surface area contributed by atoms with Crippen molar-refractivity contribution >= 4 is 39.0 Å². The minimum absolute atomic E-state index is 0.118. The zero-order chi connectivity index (χ0) is 19.0. The number of rotatable bonds is 4. The Morgan fingerprint density at radius 3 is 2.63 bits per heavy atom. The smallest absolute Gasteiger partial charge is 0.395 e. The number of nitrogens with one attached hydrogen (secondary N) is 1. The molecule has 1 N–H and O–H groups in total. The first-order chi connectivity index (χ1) is 13.0. The number of hydrogen-bond acceptors (Lipinski definition) is 6. The number of anilines is 1. The predicted octanol–water partition coefficient (Wildman–Crippen LogP) is 5.03. The van der Waals surface area contributed by atoms with Gasteiger partial charge in [0.15, 0.2) is 5.76 Å². The topological polar surface area (TPSA) is 98.3 Å². The number of fused-ring (bicyclic) bond motifs is 1. The Hall–Kier alpha value is -3.52. The second kappa shape index (κ2) is 6.65. The molecule has 0 spiro atoms. The molecular formula is C19H13N3O4S. The number of amides is 1. The fourth-order valence-electron chi connectivity index (χ4n) is 2.59. The molecule has 0 radical (unpaired) electrons. The largest absolute Gasteiger partial charge is 0.433 e. The van der Waals surface area contributed by atoms with Gasteiger partial charge in [-0.25, -0.2) is 4.98 Å². The molecule has 0 aliphatic heterocycles. The van der Waals surface area contributed by atoms with Gasteiger partial charge in [-0.15, -0.1) is 11.3 Å². The molecule has 0 unspecified atom stereocenters. The average molecular weight is 379 g/mol. The Kier molecular flexibility index (Phi) is 4.17. The third-order valence-electron chi connectivity index (χ3n) is 3.93. The summed E-state index contributed by atoms with van der Waals surface area (Å²) in [4.78, 5) is 26.7. The van der Waals surface area contributed by atoms with Gasteiger partial charge in [0, 0.05) is 11.3 Å². The quantitative estimate of drug-likeness (QED) is 0.396. The van der Waals surface area contributed by atoms with Crippen LogP contribution < -0.4 is 5.32 Å². The lowest BCUT2D eigenvalue weighted by atomic mass is 10.2. The number of furan rings is 1. The molecule has 0 bridgehead atoms. The van der Waals surface area contributed by atoms with Gasteiger partial charge in [-0.2, -0.15) is 0 Å². The van der Waals surface area contributed by atoms with E-state index in [0.29, 0.717) is 5.69 Å². The molecule has 0 atom stereocenters. The van der Waals surface area contributed by atoms with Gasteiger partial charge < -0.3 is 9.73 Å². The molecule has 0 aliphatic rings. The van der Waals surface area contributed by atoms with Gasteiger partial charge in [-0.05, 0) is 55.0 Å². The zero-order valence-electron chi connectivity index (χ0n) is 14.1. The van der Waals surface area contributed by atoms with Crippen molar-refractivity contribution in [2.75, 3.05) is 5.32 Å². The van der Waals surface area contributed by atoms with Crippen molar-refractivity contribution in [2.45, 2.75) is 6.92 Å². The molecule has 2 aromatic heterocycles. The molecule has 27 heavy (non-hydrogen) atoms. The van der Waals surface area contributed by atoms with Gasteiger partial charge in [-0.3, -0.25) is 14.9 Å². The Labute approximate surface area is 157 Å². The highest BCUT2D eigenvalue weighted by Crippen LogP contribution is 2.31. The van der Waals surface area contributed by atoms with Crippen LogP contribution in [0.4, 0.5) is 11.6 Å². The Morgan fingerprint density at radius 1 is 1.15 bits per heavy atom. The molecule has 2 aromatic carbocycles. The van der Waals surface area contributed by atoms with Crippen LogP contribution in [0.5, 0.6) is 0 Å². The summed E-state index contributed by atoms with van der Waals surface area (Å²) in [7, 11) is 0. The summed E-state index contributed by atoms with van der Waals surface area (Å²) in [5.74, 6) is -1.14. The molecule has 0 aliphatic carbocycles. The minimum Gasteiger partial charge on any atom is -0.395 e. The van der Waals surface area contributed by atoms with Crippen LogP contribution in [0, 0.1) is 17.0 Å². The number of benzene rings is 2. The number of thiazole rings is 1. The summed E-state index contributed by atoms with van der Waals surface area (Å²) in [6.07, 6.45) is 0. The maximum atomic E-state index is 12.1. The third-order valence-corrected chi connectivity index (χ3v) is 5.00. The van der Waals surface area contributed by atoms with E-state index >= 15 is 0 Å². The predicted molar refractivity (Wildman–Crippen MR) is 103 cm³/mol. The number of aromatic nitrogens is 1. The summed E-state index contributed by atoms with van der Waals surface area (Å²) < 4.78 is 6.02. The van der Waals surface area contributed by atoms with Crippen LogP contribution in [0.25, 0.3) is 20.8 Å². The van der Waals surface area contributed by atoms with E-state index in [9.17, 15) is 14.9 Å². The van der Waals surface area contributed by atoms with E-state index in [0.717, 1.165) is 26.9 Å². The highest BCUT2D eigenvalue weighted by molar-refractivity contribution is 7.21. The number of hydrogen-bond donors (Lipinski definition) is 1. The lowest BCUT2D eigenvalue weighted by Crippen LogP contribution is -2.10. The van der Waals surface area contributed by atoms with Crippen molar-refractivity contribution < 1.29 is 14.1 Å². The van der Waals surface area contributed by atoms with E-state index in [1.807, 2.05) is 31.2 Å². The van der Waals surface area contributed by atoms with Crippen molar-refractivity contribution in [1.29, 1.82) is 0 Å². The fraction of sp³-hybridized carbons (Fsp3) is 0.0526. The number of nitro groups is 1. The van der Waals surface area contributed by atoms with Crippen LogP contribution in [0.2, 0.25) is 0 Å². The van der Waals surface area contributed by atoms with E-state index in [2.05, 4.69) is 16.4 Å². The second-order valence-corrected chi connectivity index (χ2v) is 6.95. The number of carbonyl (C=O) groups is 1. The monoisotopic (exact) mass is 379 g/mol. The highest BCUT2D eigenvalue weighted by atomic mass is 32.1. The van der Waals surface area contributed by atoms with E-state index in [4.69, 9.17) is 4.42 Å². The van der Waals surface area contributed by atoms with E-state index in [1.165, 1.54) is 11.6 Å². The summed E-state index contributed by atoms with van der Waals surface area (Å²) >= 11 is 1.61. The van der Waals surface area contributed by atoms with Crippen molar-refractivity contribution in [3.05, 3.63) is 76.0 Å². The average Bonchev–Trinajstić information content (AvgIpc) is 3.29. The van der Waals surface area contributed by atoms with Gasteiger partial charge in [0.2, 0.25) is 0 Å². The fourth-order valence-corrected chi connectivity index (χ4v) is 3.66. The van der Waals surface area contributed by atoms with Crippen molar-refractivity contribution in [3.63, 3.8) is 0 Å².